The van der Waals surface area contributed by atoms with E-state index < -0.39 is 0 Å². The SMILES string of the molecule is CNC1CCN([C@H](C)c2ccccc2)C1. The molecule has 82 valence electrons. The minimum atomic E-state index is 0.546. The highest BCUT2D eigenvalue weighted by Gasteiger charge is 2.25. The lowest BCUT2D eigenvalue weighted by Crippen LogP contribution is -2.31. The first kappa shape index (κ1) is 10.7. The molecule has 2 nitrogen and oxygen atoms in total. The van der Waals surface area contributed by atoms with Crippen LogP contribution >= 0.6 is 0 Å². The molecule has 1 aromatic carbocycles. The second kappa shape index (κ2) is 4.77. The molecule has 0 spiro atoms. The van der Waals surface area contributed by atoms with Crippen LogP contribution in [0, 0.1) is 0 Å². The van der Waals surface area contributed by atoms with Gasteiger partial charge in [0.2, 0.25) is 0 Å². The van der Waals surface area contributed by atoms with Crippen LogP contribution in [0.2, 0.25) is 0 Å². The Morgan fingerprint density at radius 2 is 2.07 bits per heavy atom. The summed E-state index contributed by atoms with van der Waals surface area (Å²) in [5.74, 6) is 0. The molecule has 1 aliphatic heterocycles. The van der Waals surface area contributed by atoms with E-state index in [0.29, 0.717) is 12.1 Å². The molecule has 15 heavy (non-hydrogen) atoms. The first-order valence-electron chi connectivity index (χ1n) is 5.77. The molecule has 2 atom stereocenters. The van der Waals surface area contributed by atoms with Crippen molar-refractivity contribution in [1.82, 2.24) is 10.2 Å². The molecule has 1 aromatic rings. The van der Waals surface area contributed by atoms with Gasteiger partial charge in [-0.3, -0.25) is 4.90 Å². The van der Waals surface area contributed by atoms with Crippen LogP contribution in [-0.4, -0.2) is 31.1 Å². The summed E-state index contributed by atoms with van der Waals surface area (Å²) in [6.45, 7) is 4.68. The molecule has 0 bridgehead atoms. The third-order valence-electron chi connectivity index (χ3n) is 3.46. The Balaban J connectivity index is 2.00. The Morgan fingerprint density at radius 3 is 2.67 bits per heavy atom. The molecule has 1 aliphatic rings. The first-order valence-corrected chi connectivity index (χ1v) is 5.77. The van der Waals surface area contributed by atoms with Gasteiger partial charge < -0.3 is 5.32 Å². The molecule has 0 aromatic heterocycles. The Labute approximate surface area is 92.3 Å². The van der Waals surface area contributed by atoms with Crippen LogP contribution in [0.1, 0.15) is 24.9 Å². The molecule has 0 amide bonds. The predicted molar refractivity (Wildman–Crippen MR) is 63.9 cm³/mol. The third-order valence-corrected chi connectivity index (χ3v) is 3.46. The van der Waals surface area contributed by atoms with E-state index in [-0.39, 0.29) is 0 Å². The minimum absolute atomic E-state index is 0.546. The number of benzene rings is 1. The highest BCUT2D eigenvalue weighted by Crippen LogP contribution is 2.24. The fraction of sp³-hybridized carbons (Fsp3) is 0.538. The zero-order valence-corrected chi connectivity index (χ0v) is 9.61. The average Bonchev–Trinajstić information content (AvgIpc) is 2.78. The van der Waals surface area contributed by atoms with Gasteiger partial charge in [-0.2, -0.15) is 0 Å². The monoisotopic (exact) mass is 204 g/mol. The molecular weight excluding hydrogens is 184 g/mol. The number of hydrogen-bond donors (Lipinski definition) is 1. The topological polar surface area (TPSA) is 15.3 Å². The van der Waals surface area contributed by atoms with E-state index in [0.717, 1.165) is 0 Å². The number of nitrogens with zero attached hydrogens (tertiary/aromatic N) is 1. The van der Waals surface area contributed by atoms with E-state index in [4.69, 9.17) is 0 Å². The second-order valence-electron chi connectivity index (χ2n) is 4.36. The smallest absolute Gasteiger partial charge is 0.0320 e. The van der Waals surface area contributed by atoms with Gasteiger partial charge in [0.15, 0.2) is 0 Å². The Morgan fingerprint density at radius 1 is 1.33 bits per heavy atom. The Hall–Kier alpha value is -0.860. The van der Waals surface area contributed by atoms with Crippen molar-refractivity contribution >= 4 is 0 Å². The minimum Gasteiger partial charge on any atom is -0.316 e. The van der Waals surface area contributed by atoms with Gasteiger partial charge in [-0.1, -0.05) is 30.3 Å². The van der Waals surface area contributed by atoms with Crippen LogP contribution in [0.25, 0.3) is 0 Å². The van der Waals surface area contributed by atoms with Gasteiger partial charge in [-0.25, -0.2) is 0 Å². The summed E-state index contributed by atoms with van der Waals surface area (Å²) in [6, 6.07) is 12.0. The van der Waals surface area contributed by atoms with Crippen LogP contribution in [0.5, 0.6) is 0 Å². The van der Waals surface area contributed by atoms with E-state index in [1.807, 2.05) is 0 Å². The number of hydrogen-bond acceptors (Lipinski definition) is 2. The molecule has 0 radical (unpaired) electrons. The van der Waals surface area contributed by atoms with Crippen molar-refractivity contribution in [3.8, 4) is 0 Å². The Bertz CT molecular complexity index is 297. The van der Waals surface area contributed by atoms with Crippen molar-refractivity contribution in [2.45, 2.75) is 25.4 Å². The van der Waals surface area contributed by atoms with Crippen molar-refractivity contribution in [3.05, 3.63) is 35.9 Å². The molecule has 1 heterocycles. The van der Waals surface area contributed by atoms with Gasteiger partial charge in [0.05, 0.1) is 0 Å². The fourth-order valence-corrected chi connectivity index (χ4v) is 2.32. The van der Waals surface area contributed by atoms with Crippen molar-refractivity contribution < 1.29 is 0 Å². The van der Waals surface area contributed by atoms with Gasteiger partial charge in [0, 0.05) is 25.2 Å². The van der Waals surface area contributed by atoms with E-state index in [1.54, 1.807) is 0 Å². The summed E-state index contributed by atoms with van der Waals surface area (Å²) >= 11 is 0. The number of nitrogens with one attached hydrogen (secondary N) is 1. The normalized spacial score (nSPS) is 24.3. The molecule has 2 rings (SSSR count). The summed E-state index contributed by atoms with van der Waals surface area (Å²) in [7, 11) is 2.06. The van der Waals surface area contributed by atoms with Crippen molar-refractivity contribution in [1.29, 1.82) is 0 Å². The van der Waals surface area contributed by atoms with Crippen LogP contribution < -0.4 is 5.32 Å². The van der Waals surface area contributed by atoms with Gasteiger partial charge in [0.25, 0.3) is 0 Å². The zero-order chi connectivity index (χ0) is 10.7. The molecule has 2 heteroatoms. The third kappa shape index (κ3) is 2.39. The quantitative estimate of drug-likeness (QED) is 0.810. The van der Waals surface area contributed by atoms with Gasteiger partial charge >= 0.3 is 0 Å². The summed E-state index contributed by atoms with van der Waals surface area (Å²) < 4.78 is 0. The number of likely N-dealkylation sites (tertiary alicyclic amines) is 1. The maximum atomic E-state index is 3.36. The fourth-order valence-electron chi connectivity index (χ4n) is 2.32. The zero-order valence-electron chi connectivity index (χ0n) is 9.61. The molecule has 1 fully saturated rings. The summed E-state index contributed by atoms with van der Waals surface area (Å²) in [6.07, 6.45) is 1.27. The lowest BCUT2D eigenvalue weighted by atomic mass is 10.1. The average molecular weight is 204 g/mol. The van der Waals surface area contributed by atoms with E-state index >= 15 is 0 Å². The first-order chi connectivity index (χ1) is 7.31. The largest absolute Gasteiger partial charge is 0.316 e. The number of likely N-dealkylation sites (N-methyl/N-ethyl adjacent to an activating group) is 1. The van der Waals surface area contributed by atoms with E-state index in [9.17, 15) is 0 Å². The van der Waals surface area contributed by atoms with E-state index in [1.165, 1.54) is 25.1 Å². The van der Waals surface area contributed by atoms with Crippen LogP contribution in [-0.2, 0) is 0 Å². The summed E-state index contributed by atoms with van der Waals surface area (Å²) in [5, 5.41) is 3.36. The lowest BCUT2D eigenvalue weighted by molar-refractivity contribution is 0.257. The van der Waals surface area contributed by atoms with E-state index in [2.05, 4.69) is 54.5 Å². The highest BCUT2D eigenvalue weighted by molar-refractivity contribution is 5.18. The highest BCUT2D eigenvalue weighted by atomic mass is 15.2. The molecule has 1 N–H and O–H groups in total. The summed E-state index contributed by atoms with van der Waals surface area (Å²) in [5.41, 5.74) is 1.43. The number of rotatable bonds is 3. The molecule has 1 saturated heterocycles. The van der Waals surface area contributed by atoms with Gasteiger partial charge in [0.1, 0.15) is 0 Å². The molecule has 0 saturated carbocycles. The standard InChI is InChI=1S/C13H20N2/c1-11(12-6-4-3-5-7-12)15-9-8-13(10-15)14-2/h3-7,11,13-14H,8-10H2,1-2H3/t11-,13?/m1/s1. The van der Waals surface area contributed by atoms with Gasteiger partial charge in [-0.15, -0.1) is 0 Å². The lowest BCUT2D eigenvalue weighted by Gasteiger charge is -2.24. The maximum Gasteiger partial charge on any atom is 0.0320 e. The van der Waals surface area contributed by atoms with Crippen molar-refractivity contribution in [2.75, 3.05) is 20.1 Å². The molecule has 1 unspecified atom stereocenters. The molecule has 0 aliphatic carbocycles. The summed E-state index contributed by atoms with van der Waals surface area (Å²) in [4.78, 5) is 2.55. The van der Waals surface area contributed by atoms with Crippen molar-refractivity contribution in [2.24, 2.45) is 0 Å². The van der Waals surface area contributed by atoms with Crippen LogP contribution in [0.15, 0.2) is 30.3 Å². The van der Waals surface area contributed by atoms with Crippen molar-refractivity contribution in [3.63, 3.8) is 0 Å². The second-order valence-corrected chi connectivity index (χ2v) is 4.36. The van der Waals surface area contributed by atoms with Crippen LogP contribution in [0.3, 0.4) is 0 Å². The van der Waals surface area contributed by atoms with Gasteiger partial charge in [-0.05, 0) is 26.0 Å². The van der Waals surface area contributed by atoms with Crippen LogP contribution in [0.4, 0.5) is 0 Å². The molecular formula is C13H20N2. The predicted octanol–water partition coefficient (Wildman–Crippen LogP) is 2.04. The maximum absolute atomic E-state index is 3.36. The Kier molecular flexibility index (Phi) is 3.39.